The SMILES string of the molecule is CNc1cc2c(cc1C(=O)N(C(C)C)C1CCCN(OC(=O)C(C)(C)C)C1)N(CCCCC1CC1)C(=O)C(NC)(NC)O2. The van der Waals surface area contributed by atoms with E-state index < -0.39 is 11.3 Å². The Kier molecular flexibility index (Phi) is 10.3. The van der Waals surface area contributed by atoms with Gasteiger partial charge in [-0.05, 0) is 80.0 Å². The van der Waals surface area contributed by atoms with Gasteiger partial charge in [0.25, 0.3) is 11.8 Å². The number of anilines is 2. The van der Waals surface area contributed by atoms with Crippen LogP contribution < -0.4 is 25.6 Å². The average Bonchev–Trinajstić information content (AvgIpc) is 3.79. The number of hydroxylamine groups is 2. The van der Waals surface area contributed by atoms with Crippen LogP contribution in [0.4, 0.5) is 11.4 Å². The van der Waals surface area contributed by atoms with Crippen LogP contribution in [0.5, 0.6) is 5.75 Å². The number of likely N-dealkylation sites (N-methyl/N-ethyl adjacent to an activating group) is 2. The van der Waals surface area contributed by atoms with Gasteiger partial charge in [0.15, 0.2) is 0 Å². The van der Waals surface area contributed by atoms with Crippen LogP contribution in [0.2, 0.25) is 0 Å². The maximum atomic E-state index is 14.4. The van der Waals surface area contributed by atoms with Crippen LogP contribution in [0.15, 0.2) is 12.1 Å². The van der Waals surface area contributed by atoms with Gasteiger partial charge in [-0.1, -0.05) is 25.7 Å². The summed E-state index contributed by atoms with van der Waals surface area (Å²) in [5.41, 5.74) is 1.06. The van der Waals surface area contributed by atoms with E-state index in [2.05, 4.69) is 16.0 Å². The van der Waals surface area contributed by atoms with Crippen molar-refractivity contribution in [1.29, 1.82) is 0 Å². The fourth-order valence-electron chi connectivity index (χ4n) is 5.97. The molecule has 0 aromatic heterocycles. The summed E-state index contributed by atoms with van der Waals surface area (Å²) in [4.78, 5) is 50.2. The molecule has 2 fully saturated rings. The van der Waals surface area contributed by atoms with Gasteiger partial charge in [-0.25, -0.2) is 4.79 Å². The number of amides is 2. The van der Waals surface area contributed by atoms with Crippen molar-refractivity contribution in [1.82, 2.24) is 20.6 Å². The molecule has 2 aliphatic heterocycles. The van der Waals surface area contributed by atoms with Crippen LogP contribution >= 0.6 is 0 Å². The predicted octanol–water partition coefficient (Wildman–Crippen LogP) is 3.95. The van der Waals surface area contributed by atoms with Crippen molar-refractivity contribution in [2.24, 2.45) is 11.3 Å². The summed E-state index contributed by atoms with van der Waals surface area (Å²) in [5, 5.41) is 10.9. The Balaban J connectivity index is 1.64. The van der Waals surface area contributed by atoms with Crippen LogP contribution in [-0.2, 0) is 14.4 Å². The number of piperidine rings is 1. The first kappa shape index (κ1) is 33.0. The van der Waals surface area contributed by atoms with E-state index in [4.69, 9.17) is 9.57 Å². The summed E-state index contributed by atoms with van der Waals surface area (Å²) in [6.45, 7) is 11.1. The van der Waals surface area contributed by atoms with Gasteiger partial charge in [-0.3, -0.25) is 20.2 Å². The minimum atomic E-state index is -1.40. The zero-order valence-electron chi connectivity index (χ0n) is 27.3. The highest BCUT2D eigenvalue weighted by Gasteiger charge is 2.47. The van der Waals surface area contributed by atoms with Crippen molar-refractivity contribution >= 4 is 29.2 Å². The van der Waals surface area contributed by atoms with Gasteiger partial charge >= 0.3 is 11.9 Å². The number of ether oxygens (including phenoxy) is 1. The van der Waals surface area contributed by atoms with Crippen LogP contribution in [0.3, 0.4) is 0 Å². The van der Waals surface area contributed by atoms with E-state index in [1.54, 1.807) is 37.2 Å². The summed E-state index contributed by atoms with van der Waals surface area (Å²) >= 11 is 0. The average molecular weight is 601 g/mol. The number of nitrogens with zero attached hydrogens (tertiary/aromatic N) is 3. The molecule has 1 aromatic rings. The molecule has 1 saturated carbocycles. The van der Waals surface area contributed by atoms with Crippen molar-refractivity contribution in [3.05, 3.63) is 17.7 Å². The van der Waals surface area contributed by atoms with Crippen LogP contribution in [0.1, 0.15) is 89.9 Å². The summed E-state index contributed by atoms with van der Waals surface area (Å²) in [6, 6.07) is 3.36. The lowest BCUT2D eigenvalue weighted by Crippen LogP contribution is -2.70. The highest BCUT2D eigenvalue weighted by molar-refractivity contribution is 6.06. The molecule has 3 N–H and O–H groups in total. The lowest BCUT2D eigenvalue weighted by atomic mass is 9.97. The topological polar surface area (TPSA) is 115 Å². The van der Waals surface area contributed by atoms with Gasteiger partial charge in [0.1, 0.15) is 5.75 Å². The zero-order chi connectivity index (χ0) is 31.5. The second kappa shape index (κ2) is 13.4. The third kappa shape index (κ3) is 7.26. The van der Waals surface area contributed by atoms with Gasteiger partial charge in [0.2, 0.25) is 0 Å². The standard InChI is InChI=1S/C32H52N6O5/c1-21(2)38(23-13-11-16-36(20-23)43-30(41)31(3,4)5)28(39)24-18-26-27(19-25(24)33-6)42-32(34-7,35-8)29(40)37(26)17-10-9-12-22-14-15-22/h18-19,21-23,33-35H,9-17,20H2,1-8H3. The Labute approximate surface area is 256 Å². The Hall–Kier alpha value is -2.89. The van der Waals surface area contributed by atoms with E-state index in [0.717, 1.165) is 31.6 Å². The molecular formula is C32H52N6O5. The molecule has 2 heterocycles. The molecule has 0 bridgehead atoms. The van der Waals surface area contributed by atoms with Gasteiger partial charge in [0, 0.05) is 38.3 Å². The molecule has 1 aliphatic carbocycles. The maximum absolute atomic E-state index is 14.4. The lowest BCUT2D eigenvalue weighted by Gasteiger charge is -2.43. The van der Waals surface area contributed by atoms with Gasteiger partial charge in [0.05, 0.1) is 28.9 Å². The van der Waals surface area contributed by atoms with E-state index >= 15 is 0 Å². The second-order valence-electron chi connectivity index (χ2n) is 13.4. The third-order valence-corrected chi connectivity index (χ3v) is 8.71. The van der Waals surface area contributed by atoms with Crippen LogP contribution in [0, 0.1) is 11.3 Å². The van der Waals surface area contributed by atoms with E-state index in [0.29, 0.717) is 42.3 Å². The molecule has 2 amide bonds. The first-order valence-corrected chi connectivity index (χ1v) is 15.9. The molecule has 11 heteroatoms. The van der Waals surface area contributed by atoms with Crippen molar-refractivity contribution < 1.29 is 24.0 Å². The monoisotopic (exact) mass is 600 g/mol. The Morgan fingerprint density at radius 1 is 1.12 bits per heavy atom. The lowest BCUT2D eigenvalue weighted by molar-refractivity contribution is -0.208. The molecule has 1 unspecified atom stereocenters. The second-order valence-corrected chi connectivity index (χ2v) is 13.4. The van der Waals surface area contributed by atoms with Crippen LogP contribution in [0.25, 0.3) is 0 Å². The van der Waals surface area contributed by atoms with Crippen molar-refractivity contribution in [2.75, 3.05) is 51.0 Å². The minimum absolute atomic E-state index is 0.103. The molecule has 43 heavy (non-hydrogen) atoms. The molecule has 11 nitrogen and oxygen atoms in total. The largest absolute Gasteiger partial charge is 0.448 e. The molecule has 4 rings (SSSR count). The van der Waals surface area contributed by atoms with Gasteiger partial charge < -0.3 is 24.7 Å². The van der Waals surface area contributed by atoms with Gasteiger partial charge in [-0.15, -0.1) is 5.06 Å². The molecule has 240 valence electrons. The fourth-order valence-corrected chi connectivity index (χ4v) is 5.97. The minimum Gasteiger partial charge on any atom is -0.448 e. The first-order valence-electron chi connectivity index (χ1n) is 15.9. The summed E-state index contributed by atoms with van der Waals surface area (Å²) in [6.07, 6.45) is 7.32. The molecule has 1 saturated heterocycles. The number of rotatable bonds is 12. The molecule has 0 radical (unpaired) electrons. The maximum Gasteiger partial charge on any atom is 0.330 e. The zero-order valence-corrected chi connectivity index (χ0v) is 27.3. The number of hydrogen-bond acceptors (Lipinski definition) is 9. The number of benzene rings is 1. The van der Waals surface area contributed by atoms with E-state index in [1.807, 2.05) is 45.6 Å². The molecule has 1 aromatic carbocycles. The number of fused-ring (bicyclic) bond motifs is 1. The van der Waals surface area contributed by atoms with Gasteiger partial charge in [-0.2, -0.15) is 0 Å². The van der Waals surface area contributed by atoms with Crippen LogP contribution in [-0.4, -0.2) is 86.5 Å². The molecule has 3 aliphatic rings. The fraction of sp³-hybridized carbons (Fsp3) is 0.719. The highest BCUT2D eigenvalue weighted by atomic mass is 16.7. The Morgan fingerprint density at radius 2 is 1.81 bits per heavy atom. The quantitative estimate of drug-likeness (QED) is 0.242. The van der Waals surface area contributed by atoms with E-state index in [-0.39, 0.29) is 29.9 Å². The summed E-state index contributed by atoms with van der Waals surface area (Å²) in [5.74, 6) is -0.726. The normalized spacial score (nSPS) is 20.4. The molecular weight excluding hydrogens is 548 g/mol. The smallest absolute Gasteiger partial charge is 0.330 e. The summed E-state index contributed by atoms with van der Waals surface area (Å²) < 4.78 is 6.26. The number of carbonyl (C=O) groups excluding carboxylic acids is 3. The molecule has 0 spiro atoms. The Bertz CT molecular complexity index is 1170. The van der Waals surface area contributed by atoms with Crippen molar-refractivity contribution in [2.45, 2.75) is 97.5 Å². The third-order valence-electron chi connectivity index (χ3n) is 8.71. The highest BCUT2D eigenvalue weighted by Crippen LogP contribution is 2.41. The summed E-state index contributed by atoms with van der Waals surface area (Å²) in [7, 11) is 5.15. The number of hydrogen-bond donors (Lipinski definition) is 3. The number of carbonyl (C=O) groups is 3. The number of unbranched alkanes of at least 4 members (excludes halogenated alkanes) is 1. The predicted molar refractivity (Wildman–Crippen MR) is 168 cm³/mol. The number of nitrogens with one attached hydrogen (secondary N) is 3. The van der Waals surface area contributed by atoms with E-state index in [1.165, 1.54) is 19.3 Å². The van der Waals surface area contributed by atoms with E-state index in [9.17, 15) is 14.4 Å². The molecule has 1 atom stereocenters. The first-order chi connectivity index (χ1) is 20.3. The van der Waals surface area contributed by atoms with Crippen molar-refractivity contribution in [3.63, 3.8) is 0 Å². The Morgan fingerprint density at radius 3 is 2.40 bits per heavy atom. The van der Waals surface area contributed by atoms with Crippen molar-refractivity contribution in [3.8, 4) is 5.75 Å².